The largest absolute Gasteiger partial charge is 0.487 e. The summed E-state index contributed by atoms with van der Waals surface area (Å²) in [6.45, 7) is 5.84. The predicted octanol–water partition coefficient (Wildman–Crippen LogP) is 4.17. The molecule has 3 heterocycles. The number of ether oxygens (including phenoxy) is 1. The molecular weight excluding hydrogens is 412 g/mol. The summed E-state index contributed by atoms with van der Waals surface area (Å²) in [7, 11) is 0. The average Bonchev–Trinajstić information content (AvgIpc) is 3.26. The Morgan fingerprint density at radius 1 is 1.12 bits per heavy atom. The van der Waals surface area contributed by atoms with E-state index in [-0.39, 0.29) is 12.0 Å². The minimum Gasteiger partial charge on any atom is -0.487 e. The van der Waals surface area contributed by atoms with Gasteiger partial charge in [-0.15, -0.1) is 0 Å². The van der Waals surface area contributed by atoms with Gasteiger partial charge in [-0.25, -0.2) is 0 Å². The Morgan fingerprint density at radius 2 is 1.94 bits per heavy atom. The SMILES string of the molecule is Cc1cc2c(c(-c3cnccn3)c1)OC(CNC(=O)c1ccc(CN3CCCCC3)cc1)C2. The minimum atomic E-state index is -0.0976. The zero-order chi connectivity index (χ0) is 22.6. The third-order valence-electron chi connectivity index (χ3n) is 6.44. The van der Waals surface area contributed by atoms with Gasteiger partial charge in [-0.1, -0.05) is 24.6 Å². The lowest BCUT2D eigenvalue weighted by molar-refractivity contribution is 0.0933. The van der Waals surface area contributed by atoms with Crippen molar-refractivity contribution in [3.63, 3.8) is 0 Å². The molecule has 1 amide bonds. The average molecular weight is 443 g/mol. The van der Waals surface area contributed by atoms with Crippen molar-refractivity contribution in [2.75, 3.05) is 19.6 Å². The van der Waals surface area contributed by atoms with E-state index < -0.39 is 0 Å². The van der Waals surface area contributed by atoms with Crippen LogP contribution in [-0.2, 0) is 13.0 Å². The Labute approximate surface area is 195 Å². The molecule has 1 N–H and O–H groups in total. The van der Waals surface area contributed by atoms with E-state index in [2.05, 4.69) is 51.4 Å². The van der Waals surface area contributed by atoms with E-state index in [0.717, 1.165) is 41.1 Å². The van der Waals surface area contributed by atoms with Crippen LogP contribution in [0.5, 0.6) is 5.75 Å². The zero-order valence-corrected chi connectivity index (χ0v) is 19.1. The number of fused-ring (bicyclic) bond motifs is 1. The van der Waals surface area contributed by atoms with Crippen LogP contribution in [0.15, 0.2) is 55.0 Å². The second kappa shape index (κ2) is 9.71. The quantitative estimate of drug-likeness (QED) is 0.621. The van der Waals surface area contributed by atoms with Crippen LogP contribution < -0.4 is 10.1 Å². The number of aryl methyl sites for hydroxylation is 1. The number of carbonyl (C=O) groups is 1. The van der Waals surface area contributed by atoms with Crippen LogP contribution in [0.2, 0.25) is 0 Å². The number of hydrogen-bond acceptors (Lipinski definition) is 5. The number of carbonyl (C=O) groups excluding carboxylic acids is 1. The number of benzene rings is 2. The Bertz CT molecular complexity index is 1110. The number of hydrogen-bond donors (Lipinski definition) is 1. The normalized spacial score (nSPS) is 17.9. The Hall–Kier alpha value is -3.25. The summed E-state index contributed by atoms with van der Waals surface area (Å²) >= 11 is 0. The summed E-state index contributed by atoms with van der Waals surface area (Å²) in [5, 5.41) is 3.05. The molecular formula is C27H30N4O2. The molecule has 1 unspecified atom stereocenters. The fourth-order valence-electron chi connectivity index (χ4n) is 4.78. The van der Waals surface area contributed by atoms with Crippen molar-refractivity contribution in [2.24, 2.45) is 0 Å². The first-order valence-corrected chi connectivity index (χ1v) is 11.8. The molecule has 0 spiro atoms. The van der Waals surface area contributed by atoms with Crippen molar-refractivity contribution in [1.82, 2.24) is 20.2 Å². The highest BCUT2D eigenvalue weighted by Crippen LogP contribution is 2.38. The van der Waals surface area contributed by atoms with Crippen LogP contribution in [0.3, 0.4) is 0 Å². The molecule has 2 aliphatic rings. The number of nitrogens with zero attached hydrogens (tertiary/aromatic N) is 3. The standard InChI is InChI=1S/C27H30N4O2/c1-19-13-22-15-23(33-26(22)24(14-19)25-17-28-9-10-29-25)16-30-27(32)21-7-5-20(6-8-21)18-31-11-3-2-4-12-31/h5-10,13-14,17,23H,2-4,11-12,15-16,18H2,1H3,(H,30,32). The van der Waals surface area contributed by atoms with Gasteiger partial charge in [0.1, 0.15) is 11.9 Å². The first-order chi connectivity index (χ1) is 16.2. The maximum atomic E-state index is 12.7. The van der Waals surface area contributed by atoms with Gasteiger partial charge in [-0.2, -0.15) is 0 Å². The van der Waals surface area contributed by atoms with Gasteiger partial charge in [-0.05, 0) is 67.7 Å². The topological polar surface area (TPSA) is 67.4 Å². The van der Waals surface area contributed by atoms with Crippen molar-refractivity contribution < 1.29 is 9.53 Å². The molecule has 3 aromatic rings. The molecule has 0 saturated carbocycles. The van der Waals surface area contributed by atoms with Gasteiger partial charge in [0.15, 0.2) is 0 Å². The molecule has 170 valence electrons. The molecule has 1 atom stereocenters. The van der Waals surface area contributed by atoms with Gasteiger partial charge < -0.3 is 10.1 Å². The molecule has 1 saturated heterocycles. The minimum absolute atomic E-state index is 0.0654. The van der Waals surface area contributed by atoms with E-state index >= 15 is 0 Å². The Balaban J connectivity index is 1.19. The van der Waals surface area contributed by atoms with Gasteiger partial charge in [-0.3, -0.25) is 19.7 Å². The number of likely N-dealkylation sites (tertiary alicyclic amines) is 1. The molecule has 0 aliphatic carbocycles. The Morgan fingerprint density at radius 3 is 2.70 bits per heavy atom. The van der Waals surface area contributed by atoms with Crippen LogP contribution in [0.1, 0.15) is 46.3 Å². The predicted molar refractivity (Wildman–Crippen MR) is 128 cm³/mol. The van der Waals surface area contributed by atoms with E-state index in [4.69, 9.17) is 4.74 Å². The highest BCUT2D eigenvalue weighted by molar-refractivity contribution is 5.94. The monoisotopic (exact) mass is 442 g/mol. The van der Waals surface area contributed by atoms with E-state index in [9.17, 15) is 4.79 Å². The van der Waals surface area contributed by atoms with E-state index in [0.29, 0.717) is 12.1 Å². The summed E-state index contributed by atoms with van der Waals surface area (Å²) in [5.41, 5.74) is 6.01. The molecule has 6 heteroatoms. The molecule has 0 bridgehead atoms. The molecule has 6 nitrogen and oxygen atoms in total. The van der Waals surface area contributed by atoms with Crippen molar-refractivity contribution in [3.8, 4) is 17.0 Å². The molecule has 2 aliphatic heterocycles. The van der Waals surface area contributed by atoms with Crippen LogP contribution >= 0.6 is 0 Å². The number of rotatable bonds is 6. The van der Waals surface area contributed by atoms with Crippen molar-refractivity contribution >= 4 is 5.91 Å². The smallest absolute Gasteiger partial charge is 0.251 e. The Kier molecular flexibility index (Phi) is 6.35. The molecule has 1 fully saturated rings. The maximum Gasteiger partial charge on any atom is 0.251 e. The molecule has 2 aromatic carbocycles. The second-order valence-corrected chi connectivity index (χ2v) is 9.08. The lowest BCUT2D eigenvalue weighted by atomic mass is 10.0. The van der Waals surface area contributed by atoms with Crippen LogP contribution in [-0.4, -0.2) is 46.5 Å². The molecule has 0 radical (unpaired) electrons. The van der Waals surface area contributed by atoms with Crippen LogP contribution in [0.4, 0.5) is 0 Å². The molecule has 1 aromatic heterocycles. The lowest BCUT2D eigenvalue weighted by Gasteiger charge is -2.26. The van der Waals surface area contributed by atoms with Crippen LogP contribution in [0, 0.1) is 6.92 Å². The molecule has 5 rings (SSSR count). The first kappa shape index (κ1) is 21.6. The zero-order valence-electron chi connectivity index (χ0n) is 19.1. The number of nitrogens with one attached hydrogen (secondary N) is 1. The third kappa shape index (κ3) is 5.06. The van der Waals surface area contributed by atoms with Crippen LogP contribution in [0.25, 0.3) is 11.3 Å². The van der Waals surface area contributed by atoms with Gasteiger partial charge in [0.25, 0.3) is 5.91 Å². The molecule has 33 heavy (non-hydrogen) atoms. The maximum absolute atomic E-state index is 12.7. The number of aromatic nitrogens is 2. The second-order valence-electron chi connectivity index (χ2n) is 9.08. The fraction of sp³-hybridized carbons (Fsp3) is 0.370. The first-order valence-electron chi connectivity index (χ1n) is 11.8. The summed E-state index contributed by atoms with van der Waals surface area (Å²) in [4.78, 5) is 23.8. The van der Waals surface area contributed by atoms with Crippen molar-refractivity contribution in [3.05, 3.63) is 77.2 Å². The highest BCUT2D eigenvalue weighted by atomic mass is 16.5. The summed E-state index contributed by atoms with van der Waals surface area (Å²) in [6.07, 6.45) is 9.68. The summed E-state index contributed by atoms with van der Waals surface area (Å²) in [5.74, 6) is 0.784. The van der Waals surface area contributed by atoms with Crippen molar-refractivity contribution in [1.29, 1.82) is 0 Å². The van der Waals surface area contributed by atoms with E-state index in [1.807, 2.05) is 12.1 Å². The van der Waals surface area contributed by atoms with E-state index in [1.165, 1.54) is 37.9 Å². The van der Waals surface area contributed by atoms with Gasteiger partial charge >= 0.3 is 0 Å². The van der Waals surface area contributed by atoms with Gasteiger partial charge in [0.2, 0.25) is 0 Å². The summed E-state index contributed by atoms with van der Waals surface area (Å²) < 4.78 is 6.25. The third-order valence-corrected chi connectivity index (χ3v) is 6.44. The fourth-order valence-corrected chi connectivity index (χ4v) is 4.78. The lowest BCUT2D eigenvalue weighted by Crippen LogP contribution is -2.34. The van der Waals surface area contributed by atoms with Crippen molar-refractivity contribution in [2.45, 2.75) is 45.3 Å². The van der Waals surface area contributed by atoms with Gasteiger partial charge in [0, 0.05) is 36.5 Å². The number of amides is 1. The highest BCUT2D eigenvalue weighted by Gasteiger charge is 2.27. The van der Waals surface area contributed by atoms with Gasteiger partial charge in [0.05, 0.1) is 18.4 Å². The van der Waals surface area contributed by atoms with E-state index in [1.54, 1.807) is 18.6 Å². The summed E-state index contributed by atoms with van der Waals surface area (Å²) in [6, 6.07) is 12.2. The number of piperidine rings is 1.